The largest absolute Gasteiger partial charge is 0.453 e. The number of rotatable bonds is 4. The minimum absolute atomic E-state index is 0.0376. The van der Waals surface area contributed by atoms with Crippen LogP contribution in [0, 0.1) is 5.92 Å². The lowest BCUT2D eigenvalue weighted by molar-refractivity contribution is -0.137. The molecule has 28 heavy (non-hydrogen) atoms. The van der Waals surface area contributed by atoms with Crippen molar-refractivity contribution in [2.45, 2.75) is 44.2 Å². The van der Waals surface area contributed by atoms with E-state index in [1.165, 1.54) is 7.11 Å². The van der Waals surface area contributed by atoms with Crippen molar-refractivity contribution < 1.29 is 14.3 Å². The molecule has 3 atom stereocenters. The number of amides is 2. The number of methoxy groups -OCH3 is 1. The van der Waals surface area contributed by atoms with Crippen LogP contribution in [0.15, 0.2) is 36.5 Å². The molecule has 1 aliphatic carbocycles. The number of alkyl carbamates (subject to hydrolysis) is 1. The Hall–Kier alpha value is -2.83. The standard InChI is InChI=1S/C21H26N4O3/c1-28-21(27)24-16-10-5-9-15(16)20(26)25-12-6-11-18(25)19-22-13-17(23-19)14-7-3-2-4-8-14/h2-4,7-8,13,15-16,18H,5-6,9-12H2,1H3,(H,22,23)(H,24,27)/t15-,16-,18-/m0/s1. The van der Waals surface area contributed by atoms with E-state index in [1.807, 2.05) is 41.4 Å². The molecule has 148 valence electrons. The number of ether oxygens (including phenoxy) is 1. The lowest BCUT2D eigenvalue weighted by atomic mass is 10.0. The SMILES string of the molecule is COC(=O)N[C@H]1CCC[C@@H]1C(=O)N1CCC[C@H]1c1ncc(-c2ccccc2)[nH]1. The fourth-order valence-electron chi connectivity index (χ4n) is 4.44. The van der Waals surface area contributed by atoms with Crippen LogP contribution in [0.1, 0.15) is 44.0 Å². The van der Waals surface area contributed by atoms with E-state index in [-0.39, 0.29) is 23.9 Å². The number of carbonyl (C=O) groups excluding carboxylic acids is 2. The van der Waals surface area contributed by atoms with E-state index in [0.717, 1.165) is 55.7 Å². The van der Waals surface area contributed by atoms with Crippen LogP contribution in [-0.2, 0) is 9.53 Å². The van der Waals surface area contributed by atoms with E-state index in [0.29, 0.717) is 0 Å². The molecule has 7 heteroatoms. The van der Waals surface area contributed by atoms with E-state index in [4.69, 9.17) is 4.74 Å². The number of hydrogen-bond donors (Lipinski definition) is 2. The number of benzene rings is 1. The van der Waals surface area contributed by atoms with Crippen molar-refractivity contribution >= 4 is 12.0 Å². The molecule has 2 heterocycles. The van der Waals surface area contributed by atoms with Crippen LogP contribution in [0.3, 0.4) is 0 Å². The number of aromatic amines is 1. The Morgan fingerprint density at radius 1 is 1.18 bits per heavy atom. The van der Waals surface area contributed by atoms with E-state index >= 15 is 0 Å². The normalized spacial score (nSPS) is 24.3. The fraction of sp³-hybridized carbons (Fsp3) is 0.476. The predicted molar refractivity (Wildman–Crippen MR) is 104 cm³/mol. The summed E-state index contributed by atoms with van der Waals surface area (Å²) in [4.78, 5) is 34.8. The maximum atomic E-state index is 13.3. The van der Waals surface area contributed by atoms with Crippen LogP contribution in [0.2, 0.25) is 0 Å². The van der Waals surface area contributed by atoms with Gasteiger partial charge in [0, 0.05) is 12.6 Å². The summed E-state index contributed by atoms with van der Waals surface area (Å²) in [6.07, 6.45) is 5.76. The zero-order valence-electron chi connectivity index (χ0n) is 16.1. The summed E-state index contributed by atoms with van der Waals surface area (Å²) in [5.41, 5.74) is 2.04. The lowest BCUT2D eigenvalue weighted by Crippen LogP contribution is -2.45. The van der Waals surface area contributed by atoms with E-state index in [1.54, 1.807) is 0 Å². The number of imidazole rings is 1. The van der Waals surface area contributed by atoms with E-state index in [2.05, 4.69) is 15.3 Å². The van der Waals surface area contributed by atoms with Gasteiger partial charge in [0.05, 0.1) is 31.0 Å². The minimum Gasteiger partial charge on any atom is -0.453 e. The van der Waals surface area contributed by atoms with Gasteiger partial charge in [0.15, 0.2) is 0 Å². The number of hydrogen-bond acceptors (Lipinski definition) is 4. The average Bonchev–Trinajstić information content (AvgIpc) is 3.47. The highest BCUT2D eigenvalue weighted by atomic mass is 16.5. The van der Waals surface area contributed by atoms with Gasteiger partial charge in [-0.2, -0.15) is 0 Å². The number of nitrogens with one attached hydrogen (secondary N) is 2. The number of likely N-dealkylation sites (tertiary alicyclic amines) is 1. The molecule has 1 aliphatic heterocycles. The second-order valence-electron chi connectivity index (χ2n) is 7.52. The molecule has 0 unspecified atom stereocenters. The molecule has 1 aromatic heterocycles. The summed E-state index contributed by atoms with van der Waals surface area (Å²) >= 11 is 0. The summed E-state index contributed by atoms with van der Waals surface area (Å²) in [6, 6.07) is 9.86. The molecular formula is C21H26N4O3. The molecule has 0 bridgehead atoms. The van der Waals surface area contributed by atoms with Gasteiger partial charge in [-0.05, 0) is 31.2 Å². The monoisotopic (exact) mass is 382 g/mol. The zero-order chi connectivity index (χ0) is 19.5. The van der Waals surface area contributed by atoms with Crippen molar-refractivity contribution in [1.82, 2.24) is 20.2 Å². The predicted octanol–water partition coefficient (Wildman–Crippen LogP) is 3.26. The van der Waals surface area contributed by atoms with Crippen LogP contribution >= 0.6 is 0 Å². The van der Waals surface area contributed by atoms with Gasteiger partial charge in [0.1, 0.15) is 5.82 Å². The van der Waals surface area contributed by atoms with Gasteiger partial charge in [-0.1, -0.05) is 36.8 Å². The number of aromatic nitrogens is 2. The fourth-order valence-corrected chi connectivity index (χ4v) is 4.44. The second kappa shape index (κ2) is 8.04. The summed E-state index contributed by atoms with van der Waals surface area (Å²) < 4.78 is 4.71. The molecule has 2 aliphatic rings. The number of carbonyl (C=O) groups is 2. The van der Waals surface area contributed by atoms with Gasteiger partial charge < -0.3 is 19.9 Å². The van der Waals surface area contributed by atoms with Gasteiger partial charge in [-0.3, -0.25) is 4.79 Å². The quantitative estimate of drug-likeness (QED) is 0.850. The molecule has 4 rings (SSSR count). The van der Waals surface area contributed by atoms with Gasteiger partial charge in [0.2, 0.25) is 5.91 Å². The third-order valence-electron chi connectivity index (χ3n) is 5.85. The Kier molecular flexibility index (Phi) is 5.32. The van der Waals surface area contributed by atoms with Crippen LogP contribution in [0.4, 0.5) is 4.79 Å². The molecule has 0 radical (unpaired) electrons. The smallest absolute Gasteiger partial charge is 0.407 e. The molecule has 1 saturated heterocycles. The highest BCUT2D eigenvalue weighted by Gasteiger charge is 2.41. The molecule has 0 spiro atoms. The first-order valence-electron chi connectivity index (χ1n) is 9.92. The van der Waals surface area contributed by atoms with Gasteiger partial charge in [0.25, 0.3) is 0 Å². The first kappa shape index (κ1) is 18.5. The van der Waals surface area contributed by atoms with Gasteiger partial charge in [-0.15, -0.1) is 0 Å². The highest BCUT2D eigenvalue weighted by molar-refractivity contribution is 5.81. The Morgan fingerprint density at radius 3 is 2.79 bits per heavy atom. The van der Waals surface area contributed by atoms with Crippen molar-refractivity contribution in [2.75, 3.05) is 13.7 Å². The summed E-state index contributed by atoms with van der Waals surface area (Å²) in [7, 11) is 1.35. The van der Waals surface area contributed by atoms with Crippen LogP contribution in [-0.4, -0.2) is 46.6 Å². The van der Waals surface area contributed by atoms with Crippen molar-refractivity contribution in [2.24, 2.45) is 5.92 Å². The first-order valence-corrected chi connectivity index (χ1v) is 9.92. The number of H-pyrrole nitrogens is 1. The maximum absolute atomic E-state index is 13.3. The van der Waals surface area contributed by atoms with Crippen molar-refractivity contribution in [3.63, 3.8) is 0 Å². The zero-order valence-corrected chi connectivity index (χ0v) is 16.1. The summed E-state index contributed by atoms with van der Waals surface area (Å²) in [5, 5.41) is 2.83. The van der Waals surface area contributed by atoms with Crippen LogP contribution in [0.25, 0.3) is 11.3 Å². The average molecular weight is 382 g/mol. The minimum atomic E-state index is -0.471. The Labute approximate surface area is 164 Å². The maximum Gasteiger partial charge on any atom is 0.407 e. The highest BCUT2D eigenvalue weighted by Crippen LogP contribution is 2.36. The van der Waals surface area contributed by atoms with Crippen molar-refractivity contribution in [3.05, 3.63) is 42.4 Å². The molecule has 1 saturated carbocycles. The number of nitrogens with zero attached hydrogens (tertiary/aromatic N) is 2. The third-order valence-corrected chi connectivity index (χ3v) is 5.85. The van der Waals surface area contributed by atoms with Crippen LogP contribution in [0.5, 0.6) is 0 Å². The third kappa shape index (κ3) is 3.61. The Balaban J connectivity index is 1.50. The second-order valence-corrected chi connectivity index (χ2v) is 7.52. The Morgan fingerprint density at radius 2 is 2.00 bits per heavy atom. The topological polar surface area (TPSA) is 87.3 Å². The van der Waals surface area contributed by atoms with E-state index < -0.39 is 6.09 Å². The molecule has 2 amide bonds. The van der Waals surface area contributed by atoms with E-state index in [9.17, 15) is 9.59 Å². The molecular weight excluding hydrogens is 356 g/mol. The molecule has 2 fully saturated rings. The Bertz CT molecular complexity index is 835. The van der Waals surface area contributed by atoms with Crippen molar-refractivity contribution in [1.29, 1.82) is 0 Å². The van der Waals surface area contributed by atoms with Gasteiger partial charge >= 0.3 is 6.09 Å². The molecule has 2 aromatic rings. The summed E-state index contributed by atoms with van der Waals surface area (Å²) in [6.45, 7) is 0.728. The van der Waals surface area contributed by atoms with Gasteiger partial charge in [-0.25, -0.2) is 9.78 Å². The molecule has 7 nitrogen and oxygen atoms in total. The van der Waals surface area contributed by atoms with Crippen LogP contribution < -0.4 is 5.32 Å². The van der Waals surface area contributed by atoms with Crippen molar-refractivity contribution in [3.8, 4) is 11.3 Å². The summed E-state index contributed by atoms with van der Waals surface area (Å²) in [5.74, 6) is 0.752. The lowest BCUT2D eigenvalue weighted by Gasteiger charge is -2.29. The molecule has 1 aromatic carbocycles. The first-order chi connectivity index (χ1) is 13.7. The molecule has 2 N–H and O–H groups in total.